The van der Waals surface area contributed by atoms with Gasteiger partial charge in [-0.15, -0.1) is 0 Å². The van der Waals surface area contributed by atoms with Crippen LogP contribution in [0.25, 0.3) is 0 Å². The van der Waals surface area contributed by atoms with E-state index in [2.05, 4.69) is 10.3 Å². The Morgan fingerprint density at radius 1 is 1.29 bits per heavy atom. The number of anilines is 3. The highest BCUT2D eigenvalue weighted by molar-refractivity contribution is 5.60. The first-order chi connectivity index (χ1) is 9.99. The molecule has 1 aromatic heterocycles. The highest BCUT2D eigenvalue weighted by Gasteiger charge is 2.10. The highest BCUT2D eigenvalue weighted by atomic mass is 19.1. The molecule has 2 rings (SSSR count). The van der Waals surface area contributed by atoms with E-state index in [1.54, 1.807) is 24.3 Å². The first-order valence-corrected chi connectivity index (χ1v) is 6.65. The summed E-state index contributed by atoms with van der Waals surface area (Å²) < 4.78 is 32.4. The van der Waals surface area contributed by atoms with Crippen LogP contribution in [-0.2, 0) is 0 Å². The largest absolute Gasteiger partial charge is 0.491 e. The highest BCUT2D eigenvalue weighted by Crippen LogP contribution is 2.24. The lowest BCUT2D eigenvalue weighted by Gasteiger charge is -2.14. The average Bonchev–Trinajstić information content (AvgIpc) is 2.45. The lowest BCUT2D eigenvalue weighted by Crippen LogP contribution is -2.09. The Bertz CT molecular complexity index is 634. The van der Waals surface area contributed by atoms with Crippen LogP contribution in [0.1, 0.15) is 20.3 Å². The third kappa shape index (κ3) is 3.81. The van der Waals surface area contributed by atoms with Crippen molar-refractivity contribution in [3.8, 4) is 5.75 Å². The van der Waals surface area contributed by atoms with Crippen molar-refractivity contribution in [2.24, 2.45) is 0 Å². The van der Waals surface area contributed by atoms with Gasteiger partial charge in [0.25, 0.3) is 0 Å². The van der Waals surface area contributed by atoms with E-state index in [1.165, 1.54) is 0 Å². The van der Waals surface area contributed by atoms with Gasteiger partial charge in [-0.05, 0) is 25.5 Å². The van der Waals surface area contributed by atoms with Gasteiger partial charge in [0, 0.05) is 17.8 Å². The Kier molecular flexibility index (Phi) is 4.57. The molecule has 0 bridgehead atoms. The van der Waals surface area contributed by atoms with Crippen LogP contribution in [0.15, 0.2) is 30.3 Å². The molecule has 0 aliphatic heterocycles. The Morgan fingerprint density at radius 3 is 2.76 bits per heavy atom. The topological polar surface area (TPSA) is 60.2 Å². The molecule has 0 aliphatic rings. The monoisotopic (exact) mass is 293 g/mol. The standard InChI is InChI=1S/C15H17F2N3O/c1-3-9(2)21-11-6-4-5-10(7-11)19-15-13(17)8-12(16)14(18)20-15/h4-9H,3H2,1-2H3,(H3,18,19,20). The minimum absolute atomic E-state index is 0.0802. The molecule has 0 amide bonds. The molecule has 0 aliphatic carbocycles. The molecule has 0 saturated carbocycles. The number of pyridine rings is 1. The van der Waals surface area contributed by atoms with Gasteiger partial charge in [0.05, 0.1) is 6.10 Å². The molecule has 1 unspecified atom stereocenters. The summed E-state index contributed by atoms with van der Waals surface area (Å²) in [5.74, 6) is -1.52. The van der Waals surface area contributed by atoms with Crippen molar-refractivity contribution in [1.29, 1.82) is 0 Å². The van der Waals surface area contributed by atoms with Gasteiger partial charge in [-0.2, -0.15) is 0 Å². The summed E-state index contributed by atoms with van der Waals surface area (Å²) >= 11 is 0. The summed E-state index contributed by atoms with van der Waals surface area (Å²) in [4.78, 5) is 3.65. The summed E-state index contributed by atoms with van der Waals surface area (Å²) in [7, 11) is 0. The van der Waals surface area contributed by atoms with E-state index in [0.29, 0.717) is 17.5 Å². The minimum atomic E-state index is -0.882. The second-order valence-corrected chi connectivity index (χ2v) is 4.68. The molecular formula is C15H17F2N3O. The van der Waals surface area contributed by atoms with Crippen molar-refractivity contribution >= 4 is 17.3 Å². The third-order valence-electron chi connectivity index (χ3n) is 2.97. The maximum atomic E-state index is 13.6. The Hall–Kier alpha value is -2.37. The van der Waals surface area contributed by atoms with Crippen LogP contribution < -0.4 is 15.8 Å². The number of ether oxygens (including phenoxy) is 1. The molecule has 6 heteroatoms. The number of halogens is 2. The van der Waals surface area contributed by atoms with E-state index in [-0.39, 0.29) is 17.7 Å². The van der Waals surface area contributed by atoms with Gasteiger partial charge in [0.2, 0.25) is 0 Å². The molecule has 0 saturated heterocycles. The smallest absolute Gasteiger partial charge is 0.169 e. The van der Waals surface area contributed by atoms with E-state index >= 15 is 0 Å². The fourth-order valence-corrected chi connectivity index (χ4v) is 1.67. The van der Waals surface area contributed by atoms with E-state index < -0.39 is 11.6 Å². The SMILES string of the molecule is CCC(C)Oc1cccc(Nc2nc(N)c(F)cc2F)c1. The lowest BCUT2D eigenvalue weighted by molar-refractivity contribution is 0.217. The number of nitrogens with zero attached hydrogens (tertiary/aromatic N) is 1. The number of hydrogen-bond acceptors (Lipinski definition) is 4. The molecule has 3 N–H and O–H groups in total. The number of hydrogen-bond donors (Lipinski definition) is 2. The van der Waals surface area contributed by atoms with E-state index in [0.717, 1.165) is 6.42 Å². The number of aromatic nitrogens is 1. The molecule has 2 aromatic rings. The van der Waals surface area contributed by atoms with Crippen molar-refractivity contribution in [1.82, 2.24) is 4.98 Å². The van der Waals surface area contributed by atoms with Crippen molar-refractivity contribution in [3.63, 3.8) is 0 Å². The fraction of sp³-hybridized carbons (Fsp3) is 0.267. The first-order valence-electron chi connectivity index (χ1n) is 6.65. The van der Waals surface area contributed by atoms with Crippen LogP contribution in [0.4, 0.5) is 26.1 Å². The van der Waals surface area contributed by atoms with Crippen molar-refractivity contribution in [2.45, 2.75) is 26.4 Å². The van der Waals surface area contributed by atoms with E-state index in [4.69, 9.17) is 10.5 Å². The first kappa shape index (κ1) is 15.0. The second kappa shape index (κ2) is 6.39. The van der Waals surface area contributed by atoms with Gasteiger partial charge in [-0.25, -0.2) is 13.8 Å². The maximum absolute atomic E-state index is 13.6. The van der Waals surface area contributed by atoms with Gasteiger partial charge in [0.1, 0.15) is 5.75 Å². The predicted octanol–water partition coefficient (Wildman–Crippen LogP) is 3.86. The fourth-order valence-electron chi connectivity index (χ4n) is 1.67. The molecule has 0 radical (unpaired) electrons. The van der Waals surface area contributed by atoms with Crippen molar-refractivity contribution in [3.05, 3.63) is 42.0 Å². The molecule has 112 valence electrons. The molecule has 1 heterocycles. The zero-order chi connectivity index (χ0) is 15.4. The maximum Gasteiger partial charge on any atom is 0.169 e. The van der Waals surface area contributed by atoms with E-state index in [1.807, 2.05) is 13.8 Å². The van der Waals surface area contributed by atoms with Gasteiger partial charge in [-0.1, -0.05) is 13.0 Å². The Balaban J connectivity index is 2.20. The van der Waals surface area contributed by atoms with Crippen molar-refractivity contribution in [2.75, 3.05) is 11.1 Å². The average molecular weight is 293 g/mol. The summed E-state index contributed by atoms with van der Waals surface area (Å²) in [5.41, 5.74) is 5.92. The summed E-state index contributed by atoms with van der Waals surface area (Å²) in [6, 6.07) is 7.71. The quantitative estimate of drug-likeness (QED) is 0.878. The molecule has 0 spiro atoms. The summed E-state index contributed by atoms with van der Waals surface area (Å²) in [5, 5.41) is 2.76. The van der Waals surface area contributed by atoms with Crippen molar-refractivity contribution < 1.29 is 13.5 Å². The van der Waals surface area contributed by atoms with Gasteiger partial charge in [0.15, 0.2) is 23.3 Å². The minimum Gasteiger partial charge on any atom is -0.491 e. The second-order valence-electron chi connectivity index (χ2n) is 4.68. The molecule has 21 heavy (non-hydrogen) atoms. The van der Waals surface area contributed by atoms with Crippen LogP contribution in [0.3, 0.4) is 0 Å². The van der Waals surface area contributed by atoms with Crippen LogP contribution in [0.2, 0.25) is 0 Å². The molecular weight excluding hydrogens is 276 g/mol. The van der Waals surface area contributed by atoms with Crippen LogP contribution >= 0.6 is 0 Å². The number of nitrogens with two attached hydrogens (primary N) is 1. The molecule has 4 nitrogen and oxygen atoms in total. The molecule has 1 aromatic carbocycles. The lowest BCUT2D eigenvalue weighted by atomic mass is 10.2. The summed E-state index contributed by atoms with van der Waals surface area (Å²) in [6.07, 6.45) is 0.957. The normalized spacial score (nSPS) is 12.0. The predicted molar refractivity (Wildman–Crippen MR) is 78.7 cm³/mol. The molecule has 0 fully saturated rings. The zero-order valence-corrected chi connectivity index (χ0v) is 11.9. The third-order valence-corrected chi connectivity index (χ3v) is 2.97. The zero-order valence-electron chi connectivity index (χ0n) is 11.9. The van der Waals surface area contributed by atoms with Crippen LogP contribution in [-0.4, -0.2) is 11.1 Å². The number of rotatable bonds is 5. The van der Waals surface area contributed by atoms with Crippen LogP contribution in [0, 0.1) is 11.6 Å². The summed E-state index contributed by atoms with van der Waals surface area (Å²) in [6.45, 7) is 3.98. The number of benzene rings is 1. The van der Waals surface area contributed by atoms with Gasteiger partial charge in [-0.3, -0.25) is 0 Å². The van der Waals surface area contributed by atoms with Gasteiger partial charge >= 0.3 is 0 Å². The molecule has 1 atom stereocenters. The number of nitrogens with one attached hydrogen (secondary N) is 1. The number of nitrogen functional groups attached to an aromatic ring is 1. The Labute approximate surface area is 122 Å². The van der Waals surface area contributed by atoms with E-state index in [9.17, 15) is 8.78 Å². The Morgan fingerprint density at radius 2 is 2.05 bits per heavy atom. The van der Waals surface area contributed by atoms with Crippen LogP contribution in [0.5, 0.6) is 5.75 Å². The van der Waals surface area contributed by atoms with Gasteiger partial charge < -0.3 is 15.8 Å².